The number of aryl methyl sites for hydroxylation is 1. The molecule has 152 valence electrons. The number of aliphatic imine (C=N–C) groups is 1. The third kappa shape index (κ3) is 7.49. The van der Waals surface area contributed by atoms with Gasteiger partial charge in [-0.15, -0.1) is 0 Å². The first-order chi connectivity index (χ1) is 12.4. The van der Waals surface area contributed by atoms with Crippen molar-refractivity contribution in [2.24, 2.45) is 16.5 Å². The summed E-state index contributed by atoms with van der Waals surface area (Å²) < 4.78 is 50.9. The van der Waals surface area contributed by atoms with E-state index in [1.807, 2.05) is 0 Å². The fourth-order valence-electron chi connectivity index (χ4n) is 1.97. The van der Waals surface area contributed by atoms with Crippen molar-refractivity contribution >= 4 is 11.9 Å². The lowest BCUT2D eigenvalue weighted by atomic mass is 10.1. The summed E-state index contributed by atoms with van der Waals surface area (Å²) in [5.41, 5.74) is 11.0. The molecule has 7 N–H and O–H groups in total. The minimum absolute atomic E-state index is 0.0761. The standard InChI is InChI=1S/C16H23F4N5O2/c1-8-5-10(3-4-11(8)17)14(27)25-15(23-9(2)7-26)24-13(22)6-12(21)16(18,19)20/h3-5,9,12-13,26H,6-7,21-22H2,1-2H3,(H2,23,24,25,27)/t9-,12?,13?/m1/s1. The monoisotopic (exact) mass is 393 g/mol. The molecule has 7 nitrogen and oxygen atoms in total. The third-order valence-corrected chi connectivity index (χ3v) is 3.53. The number of amides is 1. The Hall–Kier alpha value is -2.24. The number of alkyl halides is 3. The summed E-state index contributed by atoms with van der Waals surface area (Å²) in [7, 11) is 0. The molecule has 0 radical (unpaired) electrons. The van der Waals surface area contributed by atoms with Gasteiger partial charge in [0.1, 0.15) is 11.9 Å². The van der Waals surface area contributed by atoms with E-state index in [2.05, 4.69) is 15.6 Å². The fourth-order valence-corrected chi connectivity index (χ4v) is 1.97. The van der Waals surface area contributed by atoms with Crippen molar-refractivity contribution in [1.29, 1.82) is 0 Å². The molecule has 0 aliphatic rings. The zero-order valence-electron chi connectivity index (χ0n) is 14.8. The number of halogens is 4. The van der Waals surface area contributed by atoms with Crippen LogP contribution in [0, 0.1) is 12.7 Å². The van der Waals surface area contributed by atoms with Gasteiger partial charge in [0.25, 0.3) is 5.91 Å². The molecule has 1 amide bonds. The maximum atomic E-state index is 13.3. The molecule has 27 heavy (non-hydrogen) atoms. The van der Waals surface area contributed by atoms with E-state index in [-0.39, 0.29) is 23.7 Å². The van der Waals surface area contributed by atoms with Gasteiger partial charge in [0.15, 0.2) is 0 Å². The SMILES string of the molecule is Cc1cc(C(=O)/N=C(\NC(N)CC(N)C(F)(F)F)N[C@H](C)CO)ccc1F. The van der Waals surface area contributed by atoms with Crippen LogP contribution in [0.4, 0.5) is 17.6 Å². The highest BCUT2D eigenvalue weighted by Crippen LogP contribution is 2.20. The normalized spacial score (nSPS) is 15.8. The van der Waals surface area contributed by atoms with Gasteiger partial charge in [-0.1, -0.05) is 0 Å². The number of nitrogens with two attached hydrogens (primary N) is 2. The Morgan fingerprint density at radius 2 is 1.93 bits per heavy atom. The average Bonchev–Trinajstić information content (AvgIpc) is 2.55. The maximum Gasteiger partial charge on any atom is 0.403 e. The van der Waals surface area contributed by atoms with E-state index < -0.39 is 42.6 Å². The Balaban J connectivity index is 2.96. The molecule has 0 spiro atoms. The second-order valence-corrected chi connectivity index (χ2v) is 6.09. The lowest BCUT2D eigenvalue weighted by Crippen LogP contribution is -2.54. The molecule has 0 bridgehead atoms. The summed E-state index contributed by atoms with van der Waals surface area (Å²) in [5.74, 6) is -1.50. The number of rotatable bonds is 6. The first-order valence-electron chi connectivity index (χ1n) is 8.05. The van der Waals surface area contributed by atoms with Gasteiger partial charge in [-0.3, -0.25) is 4.79 Å². The highest BCUT2D eigenvalue weighted by atomic mass is 19.4. The summed E-state index contributed by atoms with van der Waals surface area (Å²) >= 11 is 0. The van der Waals surface area contributed by atoms with E-state index in [9.17, 15) is 22.4 Å². The number of guanidine groups is 1. The van der Waals surface area contributed by atoms with Crippen molar-refractivity contribution in [2.75, 3.05) is 6.61 Å². The van der Waals surface area contributed by atoms with E-state index in [1.54, 1.807) is 6.92 Å². The van der Waals surface area contributed by atoms with Gasteiger partial charge in [0, 0.05) is 18.0 Å². The lowest BCUT2D eigenvalue weighted by Gasteiger charge is -2.23. The minimum atomic E-state index is -4.62. The summed E-state index contributed by atoms with van der Waals surface area (Å²) in [6.45, 7) is 2.69. The Kier molecular flexibility index (Phi) is 8.13. The quantitative estimate of drug-likeness (QED) is 0.210. The third-order valence-electron chi connectivity index (χ3n) is 3.53. The number of benzene rings is 1. The highest BCUT2D eigenvalue weighted by Gasteiger charge is 2.37. The summed E-state index contributed by atoms with van der Waals surface area (Å²) in [5, 5.41) is 14.2. The first-order valence-corrected chi connectivity index (χ1v) is 8.05. The molecular weight excluding hydrogens is 370 g/mol. The molecule has 1 aromatic rings. The lowest BCUT2D eigenvalue weighted by molar-refractivity contribution is -0.149. The van der Waals surface area contributed by atoms with Crippen molar-refractivity contribution in [1.82, 2.24) is 10.6 Å². The summed E-state index contributed by atoms with van der Waals surface area (Å²) in [6.07, 6.45) is -6.55. The molecule has 0 saturated heterocycles. The molecule has 2 unspecified atom stereocenters. The number of nitrogens with zero attached hydrogens (tertiary/aromatic N) is 1. The number of carbonyl (C=O) groups excluding carboxylic acids is 1. The molecule has 0 aromatic heterocycles. The van der Waals surface area contributed by atoms with Crippen LogP contribution in [-0.2, 0) is 0 Å². The van der Waals surface area contributed by atoms with E-state index in [0.717, 1.165) is 6.07 Å². The Morgan fingerprint density at radius 1 is 1.30 bits per heavy atom. The second-order valence-electron chi connectivity index (χ2n) is 6.09. The topological polar surface area (TPSA) is 126 Å². The molecule has 0 saturated carbocycles. The molecule has 0 heterocycles. The van der Waals surface area contributed by atoms with Crippen LogP contribution in [0.2, 0.25) is 0 Å². The molecule has 1 aromatic carbocycles. The van der Waals surface area contributed by atoms with E-state index >= 15 is 0 Å². The number of hydrogen-bond acceptors (Lipinski definition) is 4. The Morgan fingerprint density at radius 3 is 2.44 bits per heavy atom. The Bertz CT molecular complexity index is 681. The average molecular weight is 393 g/mol. The van der Waals surface area contributed by atoms with Crippen molar-refractivity contribution in [3.8, 4) is 0 Å². The van der Waals surface area contributed by atoms with Gasteiger partial charge in [0.2, 0.25) is 5.96 Å². The Labute approximate surface area is 153 Å². The predicted octanol–water partition coefficient (Wildman–Crippen LogP) is 0.755. The van der Waals surface area contributed by atoms with Crippen LogP contribution in [0.15, 0.2) is 23.2 Å². The second kappa shape index (κ2) is 9.62. The van der Waals surface area contributed by atoms with Crippen LogP contribution in [0.25, 0.3) is 0 Å². The number of aliphatic hydroxyl groups is 1. The molecule has 0 aliphatic carbocycles. The molecule has 0 fully saturated rings. The molecule has 3 atom stereocenters. The van der Waals surface area contributed by atoms with Crippen LogP contribution >= 0.6 is 0 Å². The largest absolute Gasteiger partial charge is 0.403 e. The van der Waals surface area contributed by atoms with Crippen LogP contribution < -0.4 is 22.1 Å². The van der Waals surface area contributed by atoms with Gasteiger partial charge >= 0.3 is 6.18 Å². The van der Waals surface area contributed by atoms with Gasteiger partial charge in [-0.25, -0.2) is 4.39 Å². The molecule has 0 aliphatic heterocycles. The van der Waals surface area contributed by atoms with Gasteiger partial charge in [0.05, 0.1) is 12.8 Å². The molecular formula is C16H23F4N5O2. The minimum Gasteiger partial charge on any atom is -0.394 e. The summed E-state index contributed by atoms with van der Waals surface area (Å²) in [4.78, 5) is 16.0. The van der Waals surface area contributed by atoms with Crippen molar-refractivity contribution in [3.05, 3.63) is 35.1 Å². The molecule has 1 rings (SSSR count). The number of aliphatic hydroxyl groups excluding tert-OH is 1. The van der Waals surface area contributed by atoms with Crippen molar-refractivity contribution < 1.29 is 27.5 Å². The van der Waals surface area contributed by atoms with Crippen LogP contribution in [0.1, 0.15) is 29.3 Å². The van der Waals surface area contributed by atoms with E-state index in [0.29, 0.717) is 0 Å². The van der Waals surface area contributed by atoms with Crippen LogP contribution in [0.5, 0.6) is 0 Å². The van der Waals surface area contributed by atoms with Crippen LogP contribution in [-0.4, -0.2) is 48.0 Å². The zero-order chi connectivity index (χ0) is 20.8. The number of hydrogen-bond donors (Lipinski definition) is 5. The zero-order valence-corrected chi connectivity index (χ0v) is 14.8. The smallest absolute Gasteiger partial charge is 0.394 e. The molecule has 11 heteroatoms. The van der Waals surface area contributed by atoms with E-state index in [1.165, 1.54) is 19.1 Å². The number of carbonyl (C=O) groups is 1. The van der Waals surface area contributed by atoms with Gasteiger partial charge in [-0.05, 0) is 37.6 Å². The van der Waals surface area contributed by atoms with Crippen LogP contribution in [0.3, 0.4) is 0 Å². The fraction of sp³-hybridized carbons (Fsp3) is 0.500. The van der Waals surface area contributed by atoms with Crippen molar-refractivity contribution in [2.45, 2.75) is 44.7 Å². The van der Waals surface area contributed by atoms with Gasteiger partial charge < -0.3 is 27.2 Å². The van der Waals surface area contributed by atoms with Gasteiger partial charge in [-0.2, -0.15) is 18.2 Å². The van der Waals surface area contributed by atoms with E-state index in [4.69, 9.17) is 16.6 Å². The van der Waals surface area contributed by atoms with Crippen molar-refractivity contribution in [3.63, 3.8) is 0 Å². The number of nitrogens with one attached hydrogen (secondary N) is 2. The first kappa shape index (κ1) is 22.8. The maximum absolute atomic E-state index is 13.3. The summed E-state index contributed by atoms with van der Waals surface area (Å²) in [6, 6.07) is 0.881. The highest BCUT2D eigenvalue weighted by molar-refractivity contribution is 6.02. The predicted molar refractivity (Wildman–Crippen MR) is 92.3 cm³/mol.